The first-order chi connectivity index (χ1) is 9.99. The van der Waals surface area contributed by atoms with Crippen LogP contribution in [0.25, 0.3) is 16.9 Å². The third-order valence-corrected chi connectivity index (χ3v) is 4.59. The van der Waals surface area contributed by atoms with Gasteiger partial charge in [0.25, 0.3) is 0 Å². The Balaban J connectivity index is 2.39. The number of imidazole rings is 1. The molecule has 0 amide bonds. The van der Waals surface area contributed by atoms with Gasteiger partial charge in [-0.05, 0) is 37.6 Å². The topological polar surface area (TPSA) is 30.7 Å². The fourth-order valence-electron chi connectivity index (χ4n) is 2.30. The molecule has 1 aromatic carbocycles. The van der Waals surface area contributed by atoms with Gasteiger partial charge < -0.3 is 0 Å². The summed E-state index contributed by atoms with van der Waals surface area (Å²) in [7, 11) is 0. The molecular weight excluding hydrogens is 373 g/mol. The maximum absolute atomic E-state index is 6.31. The minimum atomic E-state index is -0.239. The first-order valence-electron chi connectivity index (χ1n) is 6.42. The number of pyridine rings is 1. The van der Waals surface area contributed by atoms with E-state index in [0.29, 0.717) is 5.02 Å². The monoisotopic (exact) mass is 383 g/mol. The van der Waals surface area contributed by atoms with Crippen molar-refractivity contribution in [1.29, 1.82) is 0 Å². The van der Waals surface area contributed by atoms with Crippen LogP contribution in [0, 0.1) is 6.92 Å². The number of alkyl halides is 1. The smallest absolute Gasteiger partial charge is 0.164 e. The summed E-state index contributed by atoms with van der Waals surface area (Å²) in [6.45, 7) is 3.94. The standard InChI is InChI=1S/C15H12BrCl2N3/c1-8-11(16)4-3-5-13(8)21-14(9(2)17)20-12-6-10(18)7-19-15(12)21/h3-7,9H,1-2H3. The normalized spacial score (nSPS) is 12.8. The molecule has 0 aliphatic carbocycles. The molecule has 2 heterocycles. The van der Waals surface area contributed by atoms with Crippen molar-refractivity contribution in [2.24, 2.45) is 0 Å². The van der Waals surface area contributed by atoms with E-state index >= 15 is 0 Å². The largest absolute Gasteiger partial charge is 0.279 e. The second-order valence-electron chi connectivity index (χ2n) is 4.80. The molecule has 0 saturated carbocycles. The quantitative estimate of drug-likeness (QED) is 0.550. The van der Waals surface area contributed by atoms with Crippen LogP contribution in [0.1, 0.15) is 23.7 Å². The second-order valence-corrected chi connectivity index (χ2v) is 6.75. The Hall–Kier alpha value is -1.10. The van der Waals surface area contributed by atoms with Gasteiger partial charge in [0.2, 0.25) is 0 Å². The summed E-state index contributed by atoms with van der Waals surface area (Å²) in [5.41, 5.74) is 3.60. The van der Waals surface area contributed by atoms with Crippen LogP contribution in [0.2, 0.25) is 5.02 Å². The predicted molar refractivity (Wildman–Crippen MR) is 90.6 cm³/mol. The number of aromatic nitrogens is 3. The summed E-state index contributed by atoms with van der Waals surface area (Å²) in [5.74, 6) is 0.752. The van der Waals surface area contributed by atoms with E-state index in [1.165, 1.54) is 0 Å². The summed E-state index contributed by atoms with van der Waals surface area (Å²) < 4.78 is 3.02. The Morgan fingerprint density at radius 3 is 2.81 bits per heavy atom. The van der Waals surface area contributed by atoms with Crippen molar-refractivity contribution in [1.82, 2.24) is 14.5 Å². The molecule has 0 saturated heterocycles. The van der Waals surface area contributed by atoms with E-state index in [4.69, 9.17) is 23.2 Å². The molecule has 21 heavy (non-hydrogen) atoms. The fourth-order valence-corrected chi connectivity index (χ4v) is 2.95. The molecule has 3 rings (SSSR count). The number of halogens is 3. The van der Waals surface area contributed by atoms with Gasteiger partial charge in [-0.1, -0.05) is 33.6 Å². The molecule has 0 fully saturated rings. The van der Waals surface area contributed by atoms with E-state index in [1.54, 1.807) is 12.3 Å². The van der Waals surface area contributed by atoms with Crippen LogP contribution >= 0.6 is 39.1 Å². The Morgan fingerprint density at radius 2 is 2.10 bits per heavy atom. The van der Waals surface area contributed by atoms with Gasteiger partial charge in [0.1, 0.15) is 11.3 Å². The molecule has 3 nitrogen and oxygen atoms in total. The second kappa shape index (κ2) is 5.59. The third-order valence-electron chi connectivity index (χ3n) is 3.33. The Bertz CT molecular complexity index is 827. The van der Waals surface area contributed by atoms with Crippen molar-refractivity contribution < 1.29 is 0 Å². The molecule has 6 heteroatoms. The predicted octanol–water partition coefficient (Wildman–Crippen LogP) is 5.44. The summed E-state index contributed by atoms with van der Waals surface area (Å²) in [5, 5.41) is 0.322. The molecular formula is C15H12BrCl2N3. The van der Waals surface area contributed by atoms with E-state index < -0.39 is 0 Å². The van der Waals surface area contributed by atoms with E-state index in [2.05, 4.69) is 25.9 Å². The van der Waals surface area contributed by atoms with Crippen LogP contribution in [0.15, 0.2) is 34.9 Å². The van der Waals surface area contributed by atoms with Crippen molar-refractivity contribution in [3.8, 4) is 5.69 Å². The maximum atomic E-state index is 6.31. The van der Waals surface area contributed by atoms with Crippen molar-refractivity contribution in [2.75, 3.05) is 0 Å². The molecule has 0 bridgehead atoms. The van der Waals surface area contributed by atoms with Crippen molar-refractivity contribution in [2.45, 2.75) is 19.2 Å². The van der Waals surface area contributed by atoms with Gasteiger partial charge in [0, 0.05) is 10.7 Å². The molecule has 1 atom stereocenters. The molecule has 2 aromatic heterocycles. The lowest BCUT2D eigenvalue weighted by Crippen LogP contribution is -2.04. The number of benzene rings is 1. The molecule has 3 aromatic rings. The van der Waals surface area contributed by atoms with Gasteiger partial charge >= 0.3 is 0 Å². The highest BCUT2D eigenvalue weighted by atomic mass is 79.9. The highest BCUT2D eigenvalue weighted by Crippen LogP contribution is 2.31. The summed E-state index contributed by atoms with van der Waals surface area (Å²) >= 11 is 15.9. The van der Waals surface area contributed by atoms with Crippen LogP contribution in [-0.2, 0) is 0 Å². The lowest BCUT2D eigenvalue weighted by atomic mass is 10.2. The SMILES string of the molecule is Cc1c(Br)cccc1-n1c(C(C)Cl)nc2cc(Cl)cnc21. The minimum absolute atomic E-state index is 0.239. The van der Waals surface area contributed by atoms with Gasteiger partial charge in [-0.3, -0.25) is 4.57 Å². The zero-order chi connectivity index (χ0) is 15.1. The average Bonchev–Trinajstić information content (AvgIpc) is 2.80. The average molecular weight is 385 g/mol. The van der Waals surface area contributed by atoms with E-state index in [9.17, 15) is 0 Å². The van der Waals surface area contributed by atoms with E-state index in [-0.39, 0.29) is 5.38 Å². The Kier molecular flexibility index (Phi) is 3.95. The van der Waals surface area contributed by atoms with Crippen molar-refractivity contribution in [3.63, 3.8) is 0 Å². The number of rotatable bonds is 2. The number of nitrogens with zero attached hydrogens (tertiary/aromatic N) is 3. The molecule has 0 spiro atoms. The van der Waals surface area contributed by atoms with E-state index in [1.807, 2.05) is 36.6 Å². The lowest BCUT2D eigenvalue weighted by Gasteiger charge is -2.13. The molecule has 0 N–H and O–H groups in total. The number of hydrogen-bond acceptors (Lipinski definition) is 2. The zero-order valence-electron chi connectivity index (χ0n) is 11.4. The van der Waals surface area contributed by atoms with Crippen LogP contribution in [0.3, 0.4) is 0 Å². The first kappa shape index (κ1) is 14.8. The third kappa shape index (κ3) is 2.56. The number of fused-ring (bicyclic) bond motifs is 1. The van der Waals surface area contributed by atoms with Gasteiger partial charge in [0.15, 0.2) is 5.65 Å². The fraction of sp³-hybridized carbons (Fsp3) is 0.200. The van der Waals surface area contributed by atoms with Crippen molar-refractivity contribution in [3.05, 3.63) is 51.3 Å². The highest BCUT2D eigenvalue weighted by Gasteiger charge is 2.19. The molecule has 108 valence electrons. The Morgan fingerprint density at radius 1 is 1.33 bits per heavy atom. The van der Waals surface area contributed by atoms with E-state index in [0.717, 1.165) is 32.7 Å². The zero-order valence-corrected chi connectivity index (χ0v) is 14.5. The van der Waals surface area contributed by atoms with Gasteiger partial charge in [0.05, 0.1) is 16.1 Å². The highest BCUT2D eigenvalue weighted by molar-refractivity contribution is 9.10. The van der Waals surface area contributed by atoms with Crippen LogP contribution in [-0.4, -0.2) is 14.5 Å². The lowest BCUT2D eigenvalue weighted by molar-refractivity contribution is 0.872. The van der Waals surface area contributed by atoms with Gasteiger partial charge in [-0.15, -0.1) is 11.6 Å². The van der Waals surface area contributed by atoms with Gasteiger partial charge in [-0.2, -0.15) is 0 Å². The maximum Gasteiger partial charge on any atom is 0.164 e. The Labute approximate surface area is 141 Å². The summed E-state index contributed by atoms with van der Waals surface area (Å²) in [4.78, 5) is 9.01. The van der Waals surface area contributed by atoms with Crippen LogP contribution in [0.4, 0.5) is 0 Å². The molecule has 0 radical (unpaired) electrons. The molecule has 0 aliphatic heterocycles. The minimum Gasteiger partial charge on any atom is -0.279 e. The first-order valence-corrected chi connectivity index (χ1v) is 8.03. The summed E-state index contributed by atoms with van der Waals surface area (Å²) in [6.07, 6.45) is 1.62. The number of hydrogen-bond donors (Lipinski definition) is 0. The van der Waals surface area contributed by atoms with Gasteiger partial charge in [-0.25, -0.2) is 9.97 Å². The van der Waals surface area contributed by atoms with Crippen LogP contribution in [0.5, 0.6) is 0 Å². The summed E-state index contributed by atoms with van der Waals surface area (Å²) in [6, 6.07) is 7.82. The van der Waals surface area contributed by atoms with Crippen LogP contribution < -0.4 is 0 Å². The molecule has 1 unspecified atom stereocenters. The van der Waals surface area contributed by atoms with Crippen molar-refractivity contribution >= 4 is 50.3 Å². The molecule has 0 aliphatic rings.